The molecule has 0 aromatic heterocycles. The van der Waals surface area contributed by atoms with Crippen LogP contribution in [0.15, 0.2) is 0 Å². The van der Waals surface area contributed by atoms with Crippen LogP contribution < -0.4 is 0 Å². The minimum atomic E-state index is -1.03. The van der Waals surface area contributed by atoms with Crippen molar-refractivity contribution in [2.75, 3.05) is 13.2 Å². The Bertz CT molecular complexity index is 240. The van der Waals surface area contributed by atoms with Gasteiger partial charge in [-0.3, -0.25) is 9.69 Å². The van der Waals surface area contributed by atoms with Crippen molar-refractivity contribution >= 4 is 11.9 Å². The molecule has 0 aliphatic carbocycles. The summed E-state index contributed by atoms with van der Waals surface area (Å²) in [5, 5.41) is 8.70. The van der Waals surface area contributed by atoms with Gasteiger partial charge in [-0.15, -0.1) is 0 Å². The second-order valence-corrected chi connectivity index (χ2v) is 3.03. The van der Waals surface area contributed by atoms with Crippen LogP contribution in [0.2, 0.25) is 0 Å². The summed E-state index contributed by atoms with van der Waals surface area (Å²) in [6.45, 7) is 0.482. The molecule has 2 aliphatic heterocycles. The van der Waals surface area contributed by atoms with Crippen molar-refractivity contribution in [3.05, 3.63) is 0 Å². The van der Waals surface area contributed by atoms with Crippen molar-refractivity contribution in [2.45, 2.75) is 18.6 Å². The van der Waals surface area contributed by atoms with Crippen molar-refractivity contribution in [2.24, 2.45) is 0 Å². The molecule has 0 saturated carbocycles. The summed E-state index contributed by atoms with van der Waals surface area (Å²) in [5.41, 5.74) is 0. The van der Waals surface area contributed by atoms with E-state index in [4.69, 9.17) is 9.84 Å². The van der Waals surface area contributed by atoms with E-state index in [9.17, 15) is 9.59 Å². The van der Waals surface area contributed by atoms with Crippen LogP contribution >= 0.6 is 0 Å². The van der Waals surface area contributed by atoms with Crippen molar-refractivity contribution in [1.82, 2.24) is 4.90 Å². The highest BCUT2D eigenvalue weighted by molar-refractivity contribution is 5.90. The standard InChI is InChI=1S/C7H9NO4/c9-4-3-12-5-1-2-8(6(4)5)7(10)11/h5-6H,1-3H2,(H,10,11). The lowest BCUT2D eigenvalue weighted by Gasteiger charge is -2.16. The average Bonchev–Trinajstić information content (AvgIpc) is 2.53. The molecule has 0 aromatic carbocycles. The van der Waals surface area contributed by atoms with Crippen molar-refractivity contribution < 1.29 is 19.4 Å². The Balaban J connectivity index is 2.19. The lowest BCUT2D eigenvalue weighted by Crippen LogP contribution is -2.41. The fourth-order valence-corrected chi connectivity index (χ4v) is 1.81. The van der Waals surface area contributed by atoms with E-state index in [2.05, 4.69) is 0 Å². The topological polar surface area (TPSA) is 66.8 Å². The monoisotopic (exact) mass is 171 g/mol. The number of carboxylic acid groups (broad SMARTS) is 1. The number of rotatable bonds is 0. The minimum Gasteiger partial charge on any atom is -0.465 e. The van der Waals surface area contributed by atoms with Gasteiger partial charge in [0.2, 0.25) is 0 Å². The lowest BCUT2D eigenvalue weighted by molar-refractivity contribution is -0.120. The molecule has 66 valence electrons. The number of amides is 1. The predicted octanol–water partition coefficient (Wildman–Crippen LogP) is -0.293. The summed E-state index contributed by atoms with van der Waals surface area (Å²) >= 11 is 0. The molecule has 1 amide bonds. The summed E-state index contributed by atoms with van der Waals surface area (Å²) in [7, 11) is 0. The van der Waals surface area contributed by atoms with Gasteiger partial charge in [-0.1, -0.05) is 0 Å². The maximum absolute atomic E-state index is 11.1. The summed E-state index contributed by atoms with van der Waals surface area (Å²) in [6.07, 6.45) is -0.571. The van der Waals surface area contributed by atoms with E-state index in [-0.39, 0.29) is 18.5 Å². The van der Waals surface area contributed by atoms with Gasteiger partial charge in [0.25, 0.3) is 0 Å². The van der Waals surface area contributed by atoms with E-state index >= 15 is 0 Å². The summed E-state index contributed by atoms with van der Waals surface area (Å²) in [6, 6.07) is -0.525. The zero-order chi connectivity index (χ0) is 8.72. The molecule has 2 aliphatic rings. The van der Waals surface area contributed by atoms with Gasteiger partial charge in [-0.05, 0) is 6.42 Å². The number of likely N-dealkylation sites (tertiary alicyclic amines) is 1. The molecule has 2 unspecified atom stereocenters. The fourth-order valence-electron chi connectivity index (χ4n) is 1.81. The number of hydrogen-bond acceptors (Lipinski definition) is 3. The maximum atomic E-state index is 11.1. The van der Waals surface area contributed by atoms with Crippen LogP contribution in [0.25, 0.3) is 0 Å². The molecule has 2 rings (SSSR count). The Labute approximate surface area is 68.9 Å². The first-order valence-electron chi connectivity index (χ1n) is 3.84. The van der Waals surface area contributed by atoms with Gasteiger partial charge in [-0.25, -0.2) is 4.79 Å². The van der Waals surface area contributed by atoms with Crippen molar-refractivity contribution in [3.63, 3.8) is 0 Å². The van der Waals surface area contributed by atoms with Gasteiger partial charge < -0.3 is 9.84 Å². The van der Waals surface area contributed by atoms with E-state index in [1.165, 1.54) is 4.90 Å². The fraction of sp³-hybridized carbons (Fsp3) is 0.714. The molecule has 2 atom stereocenters. The predicted molar refractivity (Wildman–Crippen MR) is 37.9 cm³/mol. The minimum absolute atomic E-state index is 0.0686. The number of carbonyl (C=O) groups excluding carboxylic acids is 1. The quantitative estimate of drug-likeness (QED) is 0.543. The average molecular weight is 171 g/mol. The Morgan fingerprint density at radius 3 is 3.08 bits per heavy atom. The molecule has 12 heavy (non-hydrogen) atoms. The van der Waals surface area contributed by atoms with Crippen LogP contribution in [0.3, 0.4) is 0 Å². The SMILES string of the molecule is O=C1COC2CCN(C(=O)O)C12. The number of ether oxygens (including phenoxy) is 1. The first kappa shape index (κ1) is 7.54. The third kappa shape index (κ3) is 0.896. The van der Waals surface area contributed by atoms with Crippen LogP contribution in [-0.4, -0.2) is 47.2 Å². The first-order chi connectivity index (χ1) is 5.70. The van der Waals surface area contributed by atoms with Crippen LogP contribution in [-0.2, 0) is 9.53 Å². The van der Waals surface area contributed by atoms with E-state index in [0.717, 1.165) is 0 Å². The van der Waals surface area contributed by atoms with Crippen LogP contribution in [0.4, 0.5) is 4.79 Å². The van der Waals surface area contributed by atoms with E-state index in [0.29, 0.717) is 13.0 Å². The number of carbonyl (C=O) groups is 2. The number of nitrogens with zero attached hydrogens (tertiary/aromatic N) is 1. The number of fused-ring (bicyclic) bond motifs is 1. The molecule has 2 fully saturated rings. The number of hydrogen-bond donors (Lipinski definition) is 1. The van der Waals surface area contributed by atoms with Crippen LogP contribution in [0.1, 0.15) is 6.42 Å². The smallest absolute Gasteiger partial charge is 0.408 e. The van der Waals surface area contributed by atoms with Gasteiger partial charge >= 0.3 is 6.09 Å². The lowest BCUT2D eigenvalue weighted by atomic mass is 10.1. The number of Topliss-reactive ketones (excluding diaryl/α,β-unsaturated/α-hetero) is 1. The highest BCUT2D eigenvalue weighted by Crippen LogP contribution is 2.26. The van der Waals surface area contributed by atoms with Crippen molar-refractivity contribution in [1.29, 1.82) is 0 Å². The van der Waals surface area contributed by atoms with E-state index in [1.54, 1.807) is 0 Å². The van der Waals surface area contributed by atoms with E-state index < -0.39 is 12.1 Å². The van der Waals surface area contributed by atoms with Gasteiger partial charge in [0.1, 0.15) is 12.6 Å². The molecule has 2 heterocycles. The highest BCUT2D eigenvalue weighted by atomic mass is 16.5. The second kappa shape index (κ2) is 2.45. The van der Waals surface area contributed by atoms with E-state index in [1.807, 2.05) is 0 Å². The van der Waals surface area contributed by atoms with Gasteiger partial charge in [0.15, 0.2) is 5.78 Å². The highest BCUT2D eigenvalue weighted by Gasteiger charge is 2.46. The molecule has 5 heteroatoms. The Morgan fingerprint density at radius 1 is 1.67 bits per heavy atom. The van der Waals surface area contributed by atoms with Gasteiger partial charge in [-0.2, -0.15) is 0 Å². The normalized spacial score (nSPS) is 34.0. The maximum Gasteiger partial charge on any atom is 0.408 e. The summed E-state index contributed by atoms with van der Waals surface area (Å²) in [5.74, 6) is -0.111. The first-order valence-corrected chi connectivity index (χ1v) is 3.84. The summed E-state index contributed by atoms with van der Waals surface area (Å²) in [4.78, 5) is 22.9. The zero-order valence-electron chi connectivity index (χ0n) is 6.40. The zero-order valence-corrected chi connectivity index (χ0v) is 6.40. The Hall–Kier alpha value is -1.10. The van der Waals surface area contributed by atoms with Crippen LogP contribution in [0, 0.1) is 0 Å². The Morgan fingerprint density at radius 2 is 2.42 bits per heavy atom. The van der Waals surface area contributed by atoms with Crippen LogP contribution in [0.5, 0.6) is 0 Å². The molecular weight excluding hydrogens is 162 g/mol. The van der Waals surface area contributed by atoms with Gasteiger partial charge in [0.05, 0.1) is 6.10 Å². The molecule has 1 N–H and O–H groups in total. The van der Waals surface area contributed by atoms with Gasteiger partial charge in [0, 0.05) is 6.54 Å². The molecule has 0 radical (unpaired) electrons. The molecule has 5 nitrogen and oxygen atoms in total. The van der Waals surface area contributed by atoms with Crippen molar-refractivity contribution in [3.8, 4) is 0 Å². The third-order valence-corrected chi connectivity index (χ3v) is 2.36. The summed E-state index contributed by atoms with van der Waals surface area (Å²) < 4.78 is 5.12. The third-order valence-electron chi connectivity index (χ3n) is 2.36. The molecule has 2 saturated heterocycles. The second-order valence-electron chi connectivity index (χ2n) is 3.03. The molecule has 0 bridgehead atoms. The molecule has 0 spiro atoms. The number of ketones is 1. The molecule has 0 aromatic rings. The Kier molecular flexibility index (Phi) is 1.54. The molecular formula is C7H9NO4. The largest absolute Gasteiger partial charge is 0.465 e.